The molecule has 3 aromatic rings. The predicted octanol–water partition coefficient (Wildman–Crippen LogP) is 5.17. The molecule has 0 saturated carbocycles. The van der Waals surface area contributed by atoms with E-state index < -0.39 is 23.5 Å². The minimum Gasteiger partial charge on any atom is -0.487 e. The predicted molar refractivity (Wildman–Crippen MR) is 160 cm³/mol. The number of hydrogen-bond donors (Lipinski definition) is 1. The van der Waals surface area contributed by atoms with Crippen molar-refractivity contribution in [2.24, 2.45) is 0 Å². The zero-order valence-corrected chi connectivity index (χ0v) is 25.3. The third-order valence-electron chi connectivity index (χ3n) is 6.27. The number of nitrogens with zero attached hydrogens (tertiary/aromatic N) is 4. The first-order valence-corrected chi connectivity index (χ1v) is 13.9. The van der Waals surface area contributed by atoms with Crippen LogP contribution >= 0.6 is 11.6 Å². The van der Waals surface area contributed by atoms with Crippen LogP contribution in [0.25, 0.3) is 22.4 Å². The summed E-state index contributed by atoms with van der Waals surface area (Å²) in [6, 6.07) is 7.42. The molecule has 3 heterocycles. The molecule has 11 nitrogen and oxygen atoms in total. The van der Waals surface area contributed by atoms with Crippen LogP contribution in [0.15, 0.2) is 42.7 Å². The SMILES string of the molecule is COC(=O)CN(C)CCC(=O)Nc1cncc(-c2cc(-c3cc(Cl)ccc3F)nc3c2OCCN3C(=O)OC(C)(C)C)c1. The van der Waals surface area contributed by atoms with Gasteiger partial charge in [-0.15, -0.1) is 0 Å². The standard InChI is InChI=1S/C30H33ClFN5O6/c1-30(2,3)43-29(40)37-10-11-42-27-21(14-24(35-28(27)37)22-13-19(31)6-7-23(22)32)18-12-20(16-33-15-18)34-25(38)8-9-36(4)17-26(39)41-5/h6-7,12-16H,8-11,17H2,1-5H3,(H,34,38). The number of pyridine rings is 2. The molecule has 4 rings (SSSR count). The van der Waals surface area contributed by atoms with Crippen LogP contribution in [0.3, 0.4) is 0 Å². The second-order valence-corrected chi connectivity index (χ2v) is 11.3. The number of ether oxygens (including phenoxy) is 3. The number of carbonyl (C=O) groups is 3. The highest BCUT2D eigenvalue weighted by molar-refractivity contribution is 6.30. The number of hydrogen-bond acceptors (Lipinski definition) is 9. The van der Waals surface area contributed by atoms with Gasteiger partial charge in [-0.3, -0.25) is 24.4 Å². The van der Waals surface area contributed by atoms with Crippen molar-refractivity contribution in [1.29, 1.82) is 0 Å². The maximum atomic E-state index is 15.0. The fourth-order valence-corrected chi connectivity index (χ4v) is 4.44. The zero-order chi connectivity index (χ0) is 31.3. The first-order chi connectivity index (χ1) is 20.3. The number of amides is 2. The first-order valence-electron chi connectivity index (χ1n) is 13.5. The number of anilines is 2. The number of carbonyl (C=O) groups excluding carboxylic acids is 3. The maximum absolute atomic E-state index is 15.0. The molecule has 0 aliphatic carbocycles. The molecule has 1 aliphatic heterocycles. The number of rotatable bonds is 8. The molecule has 1 N–H and O–H groups in total. The summed E-state index contributed by atoms with van der Waals surface area (Å²) in [6.07, 6.45) is 2.53. The average Bonchev–Trinajstić information content (AvgIpc) is 2.95. The maximum Gasteiger partial charge on any atom is 0.416 e. The summed E-state index contributed by atoms with van der Waals surface area (Å²) in [7, 11) is 3.01. The summed E-state index contributed by atoms with van der Waals surface area (Å²) in [5.41, 5.74) is 0.956. The molecule has 0 unspecified atom stereocenters. The monoisotopic (exact) mass is 613 g/mol. The number of benzene rings is 1. The van der Waals surface area contributed by atoms with Crippen molar-refractivity contribution in [2.75, 3.05) is 50.6 Å². The largest absolute Gasteiger partial charge is 0.487 e. The van der Waals surface area contributed by atoms with Crippen molar-refractivity contribution in [3.63, 3.8) is 0 Å². The number of fused-ring (bicyclic) bond motifs is 1. The van der Waals surface area contributed by atoms with Gasteiger partial charge in [-0.25, -0.2) is 14.2 Å². The molecule has 0 saturated heterocycles. The van der Waals surface area contributed by atoms with E-state index >= 15 is 4.39 Å². The Balaban J connectivity index is 1.71. The quantitative estimate of drug-likeness (QED) is 0.343. The first kappa shape index (κ1) is 31.6. The fraction of sp³-hybridized carbons (Fsp3) is 0.367. The highest BCUT2D eigenvalue weighted by Gasteiger charge is 2.32. The Bertz CT molecular complexity index is 1530. The molecule has 0 radical (unpaired) electrons. The van der Waals surface area contributed by atoms with E-state index in [-0.39, 0.29) is 54.8 Å². The van der Waals surface area contributed by atoms with Crippen molar-refractivity contribution < 1.29 is 33.0 Å². The van der Waals surface area contributed by atoms with Crippen molar-refractivity contribution >= 4 is 41.1 Å². The minimum atomic E-state index is -0.764. The lowest BCUT2D eigenvalue weighted by molar-refractivity contribution is -0.141. The Kier molecular flexibility index (Phi) is 9.82. The number of methoxy groups -OCH3 is 1. The fourth-order valence-electron chi connectivity index (χ4n) is 4.27. The van der Waals surface area contributed by atoms with E-state index in [2.05, 4.69) is 20.0 Å². The molecule has 0 atom stereocenters. The molecule has 228 valence electrons. The van der Waals surface area contributed by atoms with Crippen LogP contribution in [0.2, 0.25) is 5.02 Å². The van der Waals surface area contributed by atoms with Crippen molar-refractivity contribution in [3.05, 3.63) is 53.6 Å². The van der Waals surface area contributed by atoms with Gasteiger partial charge in [0.25, 0.3) is 0 Å². The Morgan fingerprint density at radius 1 is 1.16 bits per heavy atom. The molecule has 2 aromatic heterocycles. The second kappa shape index (κ2) is 13.3. The molecule has 0 fully saturated rings. The van der Waals surface area contributed by atoms with Gasteiger partial charge in [0, 0.05) is 40.9 Å². The molecule has 0 bridgehead atoms. The van der Waals surface area contributed by atoms with Gasteiger partial charge >= 0.3 is 12.1 Å². The average molecular weight is 614 g/mol. The second-order valence-electron chi connectivity index (χ2n) is 10.9. The normalized spacial score (nSPS) is 12.8. The zero-order valence-electron chi connectivity index (χ0n) is 24.6. The Morgan fingerprint density at radius 2 is 1.93 bits per heavy atom. The lowest BCUT2D eigenvalue weighted by Gasteiger charge is -2.32. The van der Waals surface area contributed by atoms with Gasteiger partial charge in [-0.1, -0.05) is 11.6 Å². The van der Waals surface area contributed by atoms with Gasteiger partial charge < -0.3 is 19.5 Å². The summed E-state index contributed by atoms with van der Waals surface area (Å²) < 4.78 is 31.3. The van der Waals surface area contributed by atoms with Crippen LogP contribution < -0.4 is 15.0 Å². The highest BCUT2D eigenvalue weighted by Crippen LogP contribution is 2.43. The Morgan fingerprint density at radius 3 is 2.65 bits per heavy atom. The summed E-state index contributed by atoms with van der Waals surface area (Å²) in [4.78, 5) is 49.2. The molecule has 2 amide bonds. The molecule has 43 heavy (non-hydrogen) atoms. The number of esters is 1. The Labute approximate surface area is 253 Å². The van der Waals surface area contributed by atoms with E-state index in [1.165, 1.54) is 36.4 Å². The highest BCUT2D eigenvalue weighted by atomic mass is 35.5. The van der Waals surface area contributed by atoms with Gasteiger partial charge in [0.15, 0.2) is 11.6 Å². The van der Waals surface area contributed by atoms with E-state index in [1.807, 2.05) is 0 Å². The molecular formula is C30H33ClFN5O6. The van der Waals surface area contributed by atoms with E-state index in [1.54, 1.807) is 51.0 Å². The van der Waals surface area contributed by atoms with Crippen LogP contribution in [0.4, 0.5) is 20.7 Å². The molecular weight excluding hydrogens is 581 g/mol. The van der Waals surface area contributed by atoms with Crippen molar-refractivity contribution in [1.82, 2.24) is 14.9 Å². The van der Waals surface area contributed by atoms with Gasteiger partial charge in [0.05, 0.1) is 37.8 Å². The van der Waals surface area contributed by atoms with Gasteiger partial charge in [0.1, 0.15) is 18.0 Å². The lowest BCUT2D eigenvalue weighted by Crippen LogP contribution is -2.42. The summed E-state index contributed by atoms with van der Waals surface area (Å²) in [6.45, 7) is 5.98. The smallest absolute Gasteiger partial charge is 0.416 e. The Hall–Kier alpha value is -4.29. The van der Waals surface area contributed by atoms with Gasteiger partial charge in [0.2, 0.25) is 5.91 Å². The van der Waals surface area contributed by atoms with Crippen LogP contribution in [0.5, 0.6) is 5.75 Å². The third-order valence-corrected chi connectivity index (χ3v) is 6.51. The molecule has 1 aromatic carbocycles. The number of halogens is 2. The van der Waals surface area contributed by atoms with Crippen LogP contribution in [-0.2, 0) is 19.1 Å². The number of aromatic nitrogens is 2. The molecule has 0 spiro atoms. The molecule has 13 heteroatoms. The van der Waals surface area contributed by atoms with Crippen LogP contribution in [0, 0.1) is 5.82 Å². The summed E-state index contributed by atoms with van der Waals surface area (Å²) >= 11 is 6.19. The topological polar surface area (TPSA) is 123 Å². The lowest BCUT2D eigenvalue weighted by atomic mass is 10.0. The van der Waals surface area contributed by atoms with Crippen LogP contribution in [-0.4, -0.2) is 78.8 Å². The number of likely N-dealkylation sites (N-methyl/N-ethyl adjacent to an activating group) is 1. The van der Waals surface area contributed by atoms with Gasteiger partial charge in [-0.05, 0) is 58.2 Å². The van der Waals surface area contributed by atoms with Crippen molar-refractivity contribution in [2.45, 2.75) is 32.8 Å². The van der Waals surface area contributed by atoms with Gasteiger partial charge in [-0.2, -0.15) is 0 Å². The van der Waals surface area contributed by atoms with Crippen molar-refractivity contribution in [3.8, 4) is 28.1 Å². The third kappa shape index (κ3) is 8.17. The van der Waals surface area contributed by atoms with E-state index in [4.69, 9.17) is 21.1 Å². The summed E-state index contributed by atoms with van der Waals surface area (Å²) in [5, 5.41) is 3.11. The number of nitrogens with one attached hydrogen (secondary N) is 1. The molecule has 1 aliphatic rings. The van der Waals surface area contributed by atoms with Crippen LogP contribution in [0.1, 0.15) is 27.2 Å². The van der Waals surface area contributed by atoms with E-state index in [0.717, 1.165) is 0 Å². The van der Waals surface area contributed by atoms with E-state index in [0.29, 0.717) is 28.4 Å². The summed E-state index contributed by atoms with van der Waals surface area (Å²) in [5.74, 6) is -0.820. The minimum absolute atomic E-state index is 0.0594. The van der Waals surface area contributed by atoms with E-state index in [9.17, 15) is 14.4 Å².